The summed E-state index contributed by atoms with van der Waals surface area (Å²) in [4.78, 5) is 13.9. The van der Waals surface area contributed by atoms with Crippen molar-refractivity contribution in [3.8, 4) is 17.2 Å². The second kappa shape index (κ2) is 9.13. The van der Waals surface area contributed by atoms with Crippen molar-refractivity contribution in [2.45, 2.75) is 31.3 Å². The molecule has 1 N–H and O–H groups in total. The molecule has 29 heavy (non-hydrogen) atoms. The highest BCUT2D eigenvalue weighted by atomic mass is 19.1. The Balaban J connectivity index is 2.22. The number of aliphatic carboxylic acids is 1. The van der Waals surface area contributed by atoms with E-state index in [1.165, 1.54) is 33.5 Å². The fourth-order valence-corrected chi connectivity index (χ4v) is 4.02. The summed E-state index contributed by atoms with van der Waals surface area (Å²) in [5.41, 5.74) is 1.35. The topological polar surface area (TPSA) is 68.2 Å². The minimum absolute atomic E-state index is 0.379. The van der Waals surface area contributed by atoms with Crippen molar-refractivity contribution in [2.75, 3.05) is 27.9 Å². The van der Waals surface area contributed by atoms with Crippen molar-refractivity contribution in [1.29, 1.82) is 0 Å². The van der Waals surface area contributed by atoms with Gasteiger partial charge in [-0.1, -0.05) is 18.6 Å². The predicted octanol–water partition coefficient (Wildman–Crippen LogP) is 3.88. The highest BCUT2D eigenvalue weighted by Gasteiger charge is 2.37. The van der Waals surface area contributed by atoms with Gasteiger partial charge in [0.05, 0.1) is 27.4 Å². The third-order valence-corrected chi connectivity index (χ3v) is 5.36. The maximum absolute atomic E-state index is 14.1. The molecule has 1 saturated heterocycles. The van der Waals surface area contributed by atoms with Gasteiger partial charge >= 0.3 is 5.97 Å². The number of piperidine rings is 1. The maximum atomic E-state index is 14.1. The van der Waals surface area contributed by atoms with Gasteiger partial charge < -0.3 is 19.3 Å². The number of hydrogen-bond acceptors (Lipinski definition) is 5. The first-order valence-electron chi connectivity index (χ1n) is 9.54. The molecule has 1 aliphatic heterocycles. The van der Waals surface area contributed by atoms with Crippen LogP contribution in [0.3, 0.4) is 0 Å². The first kappa shape index (κ1) is 20.9. The normalized spacial score (nSPS) is 18.1. The smallest absolute Gasteiger partial charge is 0.320 e. The number of carboxylic acid groups (broad SMARTS) is 1. The number of nitrogens with zero attached hydrogens (tertiary/aromatic N) is 1. The average molecular weight is 403 g/mol. The second-order valence-electron chi connectivity index (χ2n) is 6.99. The Morgan fingerprint density at radius 3 is 2.38 bits per heavy atom. The molecule has 1 aliphatic rings. The van der Waals surface area contributed by atoms with Crippen LogP contribution in [0, 0.1) is 5.82 Å². The van der Waals surface area contributed by atoms with E-state index in [2.05, 4.69) is 0 Å². The van der Waals surface area contributed by atoms with Crippen LogP contribution < -0.4 is 14.2 Å². The van der Waals surface area contributed by atoms with Crippen LogP contribution in [0.2, 0.25) is 0 Å². The number of carboxylic acids is 1. The van der Waals surface area contributed by atoms with Crippen molar-refractivity contribution in [3.63, 3.8) is 0 Å². The van der Waals surface area contributed by atoms with E-state index >= 15 is 0 Å². The second-order valence-corrected chi connectivity index (χ2v) is 6.99. The largest absolute Gasteiger partial charge is 0.496 e. The molecule has 0 saturated carbocycles. The van der Waals surface area contributed by atoms with Gasteiger partial charge in [0.25, 0.3) is 0 Å². The van der Waals surface area contributed by atoms with E-state index in [0.29, 0.717) is 41.3 Å². The predicted molar refractivity (Wildman–Crippen MR) is 106 cm³/mol. The minimum atomic E-state index is -0.884. The number of likely N-dealkylation sites (tertiary alicyclic amines) is 1. The zero-order chi connectivity index (χ0) is 21.0. The summed E-state index contributed by atoms with van der Waals surface area (Å²) in [6.07, 6.45) is 2.24. The highest BCUT2D eigenvalue weighted by Crippen LogP contribution is 2.43. The van der Waals surface area contributed by atoms with Gasteiger partial charge in [0.2, 0.25) is 0 Å². The molecule has 6 nitrogen and oxygen atoms in total. The Hall–Kier alpha value is -2.80. The molecule has 1 heterocycles. The van der Waals surface area contributed by atoms with E-state index in [4.69, 9.17) is 14.2 Å². The van der Waals surface area contributed by atoms with Crippen LogP contribution in [-0.4, -0.2) is 49.9 Å². The molecule has 0 amide bonds. The van der Waals surface area contributed by atoms with E-state index in [0.717, 1.165) is 12.8 Å². The lowest BCUT2D eigenvalue weighted by Crippen LogP contribution is -2.47. The molecule has 1 fully saturated rings. The van der Waals surface area contributed by atoms with Gasteiger partial charge in [-0.15, -0.1) is 0 Å². The van der Waals surface area contributed by atoms with Crippen LogP contribution in [-0.2, 0) is 4.79 Å². The molecule has 2 aromatic rings. The maximum Gasteiger partial charge on any atom is 0.320 e. The zero-order valence-corrected chi connectivity index (χ0v) is 16.9. The summed E-state index contributed by atoms with van der Waals surface area (Å²) in [5, 5.41) is 9.82. The summed E-state index contributed by atoms with van der Waals surface area (Å²) in [6, 6.07) is 8.55. The molecular weight excluding hydrogens is 377 g/mol. The number of rotatable bonds is 7. The fraction of sp³-hybridized carbons (Fsp3) is 0.409. The fourth-order valence-electron chi connectivity index (χ4n) is 4.02. The standard InChI is InChI=1S/C22H26FNO5/c1-27-18-13-20(29-3)19(28-2)12-16(18)21(14-7-6-8-15(23)11-14)24-10-5-4-9-17(24)22(25)26/h6-8,11-13,17,21H,4-5,9-10H2,1-3H3,(H,25,26). The third-order valence-electron chi connectivity index (χ3n) is 5.36. The SMILES string of the molecule is COc1cc(OC)c(C(c2cccc(F)c2)N2CCCCC2C(=O)O)cc1OC. The lowest BCUT2D eigenvalue weighted by molar-refractivity contribution is -0.145. The molecule has 0 bridgehead atoms. The molecular formula is C22H26FNO5. The third kappa shape index (κ3) is 4.29. The minimum Gasteiger partial charge on any atom is -0.496 e. The zero-order valence-electron chi connectivity index (χ0n) is 16.9. The Morgan fingerprint density at radius 2 is 1.76 bits per heavy atom. The number of carbonyl (C=O) groups is 1. The van der Waals surface area contributed by atoms with Gasteiger partial charge in [0.1, 0.15) is 17.6 Å². The molecule has 3 rings (SSSR count). The molecule has 7 heteroatoms. The van der Waals surface area contributed by atoms with Crippen LogP contribution in [0.5, 0.6) is 17.2 Å². The van der Waals surface area contributed by atoms with E-state index < -0.39 is 18.1 Å². The van der Waals surface area contributed by atoms with Gasteiger partial charge in [-0.2, -0.15) is 0 Å². The van der Waals surface area contributed by atoms with E-state index in [9.17, 15) is 14.3 Å². The first-order chi connectivity index (χ1) is 14.0. The van der Waals surface area contributed by atoms with Gasteiger partial charge in [-0.3, -0.25) is 9.69 Å². The Bertz CT molecular complexity index is 872. The summed E-state index contributed by atoms with van der Waals surface area (Å²) >= 11 is 0. The molecule has 2 atom stereocenters. The van der Waals surface area contributed by atoms with Crippen molar-refractivity contribution in [2.24, 2.45) is 0 Å². The van der Waals surface area contributed by atoms with Gasteiger partial charge in [-0.05, 0) is 43.1 Å². The van der Waals surface area contributed by atoms with Gasteiger partial charge in [0, 0.05) is 11.6 Å². The monoisotopic (exact) mass is 403 g/mol. The molecule has 0 aromatic heterocycles. The van der Waals surface area contributed by atoms with E-state index in [1.807, 2.05) is 4.90 Å². The van der Waals surface area contributed by atoms with Crippen LogP contribution in [0.15, 0.2) is 36.4 Å². The number of methoxy groups -OCH3 is 3. The average Bonchev–Trinajstić information content (AvgIpc) is 2.73. The Labute approximate surface area is 169 Å². The highest BCUT2D eigenvalue weighted by molar-refractivity contribution is 5.74. The van der Waals surface area contributed by atoms with Crippen LogP contribution in [0.1, 0.15) is 36.4 Å². The lowest BCUT2D eigenvalue weighted by atomic mass is 9.91. The summed E-state index contributed by atoms with van der Waals surface area (Å²) in [7, 11) is 4.61. The molecule has 156 valence electrons. The first-order valence-corrected chi connectivity index (χ1v) is 9.54. The van der Waals surface area contributed by atoms with Crippen molar-refractivity contribution >= 4 is 5.97 Å². The van der Waals surface area contributed by atoms with Crippen molar-refractivity contribution in [1.82, 2.24) is 4.90 Å². The Morgan fingerprint density at radius 1 is 1.07 bits per heavy atom. The molecule has 2 unspecified atom stereocenters. The summed E-state index contributed by atoms with van der Waals surface area (Å²) < 4.78 is 30.5. The molecule has 0 radical (unpaired) electrons. The van der Waals surface area contributed by atoms with Crippen LogP contribution in [0.4, 0.5) is 4.39 Å². The van der Waals surface area contributed by atoms with E-state index in [1.54, 1.807) is 24.3 Å². The number of ether oxygens (including phenoxy) is 3. The molecule has 0 aliphatic carbocycles. The molecule has 0 spiro atoms. The number of benzene rings is 2. The number of halogens is 1. The van der Waals surface area contributed by atoms with Gasteiger partial charge in [-0.25, -0.2) is 4.39 Å². The Kier molecular flexibility index (Phi) is 6.59. The van der Waals surface area contributed by atoms with Crippen molar-refractivity contribution < 1.29 is 28.5 Å². The van der Waals surface area contributed by atoms with Gasteiger partial charge in [0.15, 0.2) is 11.5 Å². The lowest BCUT2D eigenvalue weighted by Gasteiger charge is -2.40. The van der Waals surface area contributed by atoms with E-state index in [-0.39, 0.29) is 5.82 Å². The van der Waals surface area contributed by atoms with Crippen LogP contribution in [0.25, 0.3) is 0 Å². The quantitative estimate of drug-likeness (QED) is 0.757. The summed E-state index contributed by atoms with van der Waals surface area (Å²) in [5.74, 6) is 0.251. The van der Waals surface area contributed by atoms with Crippen molar-refractivity contribution in [3.05, 3.63) is 53.3 Å². The molecule has 2 aromatic carbocycles. The van der Waals surface area contributed by atoms with Crippen LogP contribution >= 0.6 is 0 Å². The number of hydrogen-bond donors (Lipinski definition) is 1. The summed E-state index contributed by atoms with van der Waals surface area (Å²) in [6.45, 7) is 0.579.